The predicted molar refractivity (Wildman–Crippen MR) is 77.1 cm³/mol. The lowest BCUT2D eigenvalue weighted by Gasteiger charge is -2.27. The molecular weight excluding hydrogens is 327 g/mol. The molecule has 1 heterocycles. The maximum Gasteiger partial charge on any atom is 0.151 e. The summed E-state index contributed by atoms with van der Waals surface area (Å²) in [5, 5.41) is 0. The maximum atomic E-state index is 6.24. The molecule has 0 bridgehead atoms. The van der Waals surface area contributed by atoms with Gasteiger partial charge in [-0.3, -0.25) is 0 Å². The fourth-order valence-electron chi connectivity index (χ4n) is 2.26. The number of hydrogen-bond donors (Lipinski definition) is 1. The molecule has 94 valence electrons. The lowest BCUT2D eigenvalue weighted by atomic mass is 9.88. The predicted octanol–water partition coefficient (Wildman–Crippen LogP) is 2.89. The highest BCUT2D eigenvalue weighted by Gasteiger charge is 2.41. The third-order valence-corrected chi connectivity index (χ3v) is 4.38. The summed E-state index contributed by atoms with van der Waals surface area (Å²) < 4.78 is 6.93. The minimum absolute atomic E-state index is 0.0969. The van der Waals surface area contributed by atoms with Gasteiger partial charge in [0, 0.05) is 11.7 Å². The Bertz CT molecular complexity index is 420. The highest BCUT2D eigenvalue weighted by molar-refractivity contribution is 14.1. The van der Waals surface area contributed by atoms with Gasteiger partial charge in [-0.1, -0.05) is 13.8 Å². The summed E-state index contributed by atoms with van der Waals surface area (Å²) in [6.45, 7) is 6.40. The number of halogens is 1. The van der Waals surface area contributed by atoms with Crippen LogP contribution in [0.3, 0.4) is 0 Å². The van der Waals surface area contributed by atoms with Crippen LogP contribution in [0, 0.1) is 16.0 Å². The number of nitrogens with two attached hydrogens (primary N) is 1. The minimum Gasteiger partial charge on any atom is -0.486 e. The largest absolute Gasteiger partial charge is 0.486 e. The Morgan fingerprint density at radius 1 is 1.47 bits per heavy atom. The third kappa shape index (κ3) is 2.73. The van der Waals surface area contributed by atoms with E-state index in [2.05, 4.69) is 41.4 Å². The first kappa shape index (κ1) is 13.1. The fraction of sp³-hybridized carbons (Fsp3) is 0.615. The van der Waals surface area contributed by atoms with Crippen LogP contribution >= 0.6 is 22.6 Å². The van der Waals surface area contributed by atoms with Crippen molar-refractivity contribution in [3.8, 4) is 5.75 Å². The van der Waals surface area contributed by atoms with Crippen molar-refractivity contribution in [1.29, 1.82) is 0 Å². The number of ether oxygens (including phenoxy) is 1. The van der Waals surface area contributed by atoms with E-state index in [9.17, 15) is 0 Å². The van der Waals surface area contributed by atoms with Crippen LogP contribution in [-0.4, -0.2) is 17.1 Å². The highest BCUT2D eigenvalue weighted by atomic mass is 127. The van der Waals surface area contributed by atoms with Crippen molar-refractivity contribution in [1.82, 2.24) is 4.98 Å². The molecule has 1 fully saturated rings. The SMILES string of the molecule is Cc1ccc(OC2CCC(C)(C)C2N)c(I)n1. The Labute approximate surface area is 116 Å². The van der Waals surface area contributed by atoms with Gasteiger partial charge in [0.25, 0.3) is 0 Å². The van der Waals surface area contributed by atoms with E-state index in [1.54, 1.807) is 0 Å². The Morgan fingerprint density at radius 2 is 2.18 bits per heavy atom. The normalized spacial score (nSPS) is 27.1. The fourth-order valence-corrected chi connectivity index (χ4v) is 2.95. The Balaban J connectivity index is 2.12. The van der Waals surface area contributed by atoms with E-state index in [-0.39, 0.29) is 17.6 Å². The summed E-state index contributed by atoms with van der Waals surface area (Å²) in [6.07, 6.45) is 2.26. The molecule has 1 aromatic heterocycles. The lowest BCUT2D eigenvalue weighted by molar-refractivity contribution is 0.163. The van der Waals surface area contributed by atoms with E-state index >= 15 is 0 Å². The molecule has 1 aliphatic rings. The van der Waals surface area contributed by atoms with Crippen molar-refractivity contribution >= 4 is 22.6 Å². The second-order valence-electron chi connectivity index (χ2n) is 5.45. The zero-order valence-electron chi connectivity index (χ0n) is 10.5. The number of hydrogen-bond acceptors (Lipinski definition) is 3. The smallest absolute Gasteiger partial charge is 0.151 e. The van der Waals surface area contributed by atoms with Gasteiger partial charge in [-0.2, -0.15) is 0 Å². The van der Waals surface area contributed by atoms with Crippen LogP contribution in [0.5, 0.6) is 5.75 Å². The van der Waals surface area contributed by atoms with Crippen molar-refractivity contribution in [3.05, 3.63) is 21.5 Å². The second kappa shape index (κ2) is 4.72. The molecule has 17 heavy (non-hydrogen) atoms. The number of rotatable bonds is 2. The first-order valence-electron chi connectivity index (χ1n) is 5.95. The molecule has 2 rings (SSSR count). The lowest BCUT2D eigenvalue weighted by Crippen LogP contribution is -2.42. The summed E-state index contributed by atoms with van der Waals surface area (Å²) >= 11 is 2.21. The van der Waals surface area contributed by atoms with Crippen LogP contribution in [-0.2, 0) is 0 Å². The van der Waals surface area contributed by atoms with Crippen LogP contribution in [0.4, 0.5) is 0 Å². The van der Waals surface area contributed by atoms with Gasteiger partial charge in [0.2, 0.25) is 0 Å². The molecule has 2 unspecified atom stereocenters. The second-order valence-corrected chi connectivity index (χ2v) is 6.47. The molecule has 4 heteroatoms. The molecule has 0 amide bonds. The van der Waals surface area contributed by atoms with Gasteiger partial charge in [-0.25, -0.2) is 4.98 Å². The standard InChI is InChI=1S/C13H19IN2O/c1-8-4-5-10(12(14)16-8)17-9-6-7-13(2,3)11(9)15/h4-5,9,11H,6-7,15H2,1-3H3. The molecule has 0 radical (unpaired) electrons. The molecule has 0 saturated heterocycles. The van der Waals surface area contributed by atoms with Gasteiger partial charge in [0.05, 0.1) is 0 Å². The average molecular weight is 346 g/mol. The summed E-state index contributed by atoms with van der Waals surface area (Å²) in [5.41, 5.74) is 7.42. The van der Waals surface area contributed by atoms with Crippen molar-refractivity contribution < 1.29 is 4.74 Å². The van der Waals surface area contributed by atoms with E-state index in [1.165, 1.54) is 0 Å². The Hall–Kier alpha value is -0.360. The van der Waals surface area contributed by atoms with Crippen LogP contribution in [0.15, 0.2) is 12.1 Å². The third-order valence-electron chi connectivity index (χ3n) is 3.61. The van der Waals surface area contributed by atoms with Gasteiger partial charge in [0.15, 0.2) is 5.75 Å². The molecule has 0 spiro atoms. The molecule has 3 nitrogen and oxygen atoms in total. The zero-order chi connectivity index (χ0) is 12.6. The molecule has 2 N–H and O–H groups in total. The monoisotopic (exact) mass is 346 g/mol. The summed E-state index contributed by atoms with van der Waals surface area (Å²) in [4.78, 5) is 4.40. The quantitative estimate of drug-likeness (QED) is 0.662. The van der Waals surface area contributed by atoms with Crippen molar-refractivity contribution in [2.24, 2.45) is 11.1 Å². The van der Waals surface area contributed by atoms with Crippen molar-refractivity contribution in [3.63, 3.8) is 0 Å². The molecule has 1 saturated carbocycles. The zero-order valence-corrected chi connectivity index (χ0v) is 12.7. The maximum absolute atomic E-state index is 6.24. The van der Waals surface area contributed by atoms with Crippen LogP contribution in [0.2, 0.25) is 0 Å². The number of aromatic nitrogens is 1. The molecule has 1 aliphatic carbocycles. The van der Waals surface area contributed by atoms with Gasteiger partial charge >= 0.3 is 0 Å². The van der Waals surface area contributed by atoms with Crippen molar-refractivity contribution in [2.75, 3.05) is 0 Å². The van der Waals surface area contributed by atoms with E-state index < -0.39 is 0 Å². The van der Waals surface area contributed by atoms with Crippen LogP contribution in [0.1, 0.15) is 32.4 Å². The highest BCUT2D eigenvalue weighted by Crippen LogP contribution is 2.38. The van der Waals surface area contributed by atoms with Crippen molar-refractivity contribution in [2.45, 2.75) is 45.8 Å². The Kier molecular flexibility index (Phi) is 3.63. The summed E-state index contributed by atoms with van der Waals surface area (Å²) in [5.74, 6) is 0.856. The minimum atomic E-state index is 0.0969. The molecular formula is C13H19IN2O. The first-order valence-corrected chi connectivity index (χ1v) is 7.03. The molecule has 2 atom stereocenters. The topological polar surface area (TPSA) is 48.1 Å². The number of nitrogens with zero attached hydrogens (tertiary/aromatic N) is 1. The van der Waals surface area contributed by atoms with Gasteiger partial charge < -0.3 is 10.5 Å². The number of pyridine rings is 1. The molecule has 1 aromatic rings. The summed E-state index contributed by atoms with van der Waals surface area (Å²) in [7, 11) is 0. The summed E-state index contributed by atoms with van der Waals surface area (Å²) in [6, 6.07) is 4.06. The van der Waals surface area contributed by atoms with Gasteiger partial charge in [-0.05, 0) is 59.9 Å². The first-order chi connectivity index (χ1) is 7.90. The van der Waals surface area contributed by atoms with E-state index in [1.807, 2.05) is 19.1 Å². The van der Waals surface area contributed by atoms with E-state index in [0.717, 1.165) is 28.0 Å². The molecule has 0 aliphatic heterocycles. The molecule has 0 aromatic carbocycles. The van der Waals surface area contributed by atoms with E-state index in [4.69, 9.17) is 10.5 Å². The van der Waals surface area contributed by atoms with E-state index in [0.29, 0.717) is 0 Å². The average Bonchev–Trinajstić information content (AvgIpc) is 2.49. The number of aryl methyl sites for hydroxylation is 1. The Morgan fingerprint density at radius 3 is 2.71 bits per heavy atom. The van der Waals surface area contributed by atoms with Crippen LogP contribution < -0.4 is 10.5 Å². The van der Waals surface area contributed by atoms with Gasteiger partial charge in [0.1, 0.15) is 9.80 Å². The van der Waals surface area contributed by atoms with Gasteiger partial charge in [-0.15, -0.1) is 0 Å². The van der Waals surface area contributed by atoms with Crippen LogP contribution in [0.25, 0.3) is 0 Å².